The van der Waals surface area contributed by atoms with E-state index in [1.807, 2.05) is 26.8 Å². The molecule has 0 bridgehead atoms. The van der Waals surface area contributed by atoms with Crippen molar-refractivity contribution in [1.29, 1.82) is 0 Å². The van der Waals surface area contributed by atoms with Crippen molar-refractivity contribution >= 4 is 5.91 Å². The highest BCUT2D eigenvalue weighted by Crippen LogP contribution is 2.01. The number of rotatable bonds is 5. The van der Waals surface area contributed by atoms with Crippen LogP contribution in [0.4, 0.5) is 0 Å². The van der Waals surface area contributed by atoms with E-state index in [0.29, 0.717) is 6.54 Å². The smallest absolute Gasteiger partial charge is 0.241 e. The molecule has 1 amide bonds. The minimum absolute atomic E-state index is 0.0344. The summed E-state index contributed by atoms with van der Waals surface area (Å²) in [6.45, 7) is 8.35. The highest BCUT2D eigenvalue weighted by atomic mass is 16.2. The number of carbonyl (C=O) groups is 1. The van der Waals surface area contributed by atoms with Crippen LogP contribution in [0.3, 0.4) is 0 Å². The van der Waals surface area contributed by atoms with Gasteiger partial charge in [-0.1, -0.05) is 13.3 Å². The third-order valence-corrected chi connectivity index (χ3v) is 2.53. The van der Waals surface area contributed by atoms with Crippen molar-refractivity contribution in [2.75, 3.05) is 0 Å². The normalized spacial score (nSPS) is 12.5. The average Bonchev–Trinajstić information content (AvgIpc) is 2.44. The van der Waals surface area contributed by atoms with Gasteiger partial charge in [0.15, 0.2) is 0 Å². The van der Waals surface area contributed by atoms with Gasteiger partial charge in [-0.3, -0.25) is 9.48 Å². The van der Waals surface area contributed by atoms with Gasteiger partial charge in [0, 0.05) is 11.7 Å². The van der Waals surface area contributed by atoms with Crippen LogP contribution in [0.25, 0.3) is 0 Å². The summed E-state index contributed by atoms with van der Waals surface area (Å²) in [6.07, 6.45) is 2.10. The van der Waals surface area contributed by atoms with Gasteiger partial charge in [-0.2, -0.15) is 5.10 Å². The molecule has 1 heterocycles. The first-order valence-corrected chi connectivity index (χ1v) is 5.83. The Balaban J connectivity index is 2.48. The maximum Gasteiger partial charge on any atom is 0.241 e. The Morgan fingerprint density at radius 1 is 1.56 bits per heavy atom. The predicted molar refractivity (Wildman–Crippen MR) is 64.2 cm³/mol. The Labute approximate surface area is 97.0 Å². The van der Waals surface area contributed by atoms with Crippen molar-refractivity contribution in [3.63, 3.8) is 0 Å². The van der Waals surface area contributed by atoms with Gasteiger partial charge in [0.25, 0.3) is 0 Å². The van der Waals surface area contributed by atoms with Crippen molar-refractivity contribution in [2.45, 2.75) is 53.1 Å². The lowest BCUT2D eigenvalue weighted by molar-refractivity contribution is -0.122. The van der Waals surface area contributed by atoms with E-state index in [9.17, 15) is 4.79 Å². The summed E-state index contributed by atoms with van der Waals surface area (Å²) in [4.78, 5) is 11.7. The van der Waals surface area contributed by atoms with E-state index in [4.69, 9.17) is 0 Å². The molecule has 1 unspecified atom stereocenters. The molecule has 0 saturated carbocycles. The van der Waals surface area contributed by atoms with Gasteiger partial charge >= 0.3 is 0 Å². The molecule has 0 spiro atoms. The second-order valence-corrected chi connectivity index (χ2v) is 4.34. The van der Waals surface area contributed by atoms with Crippen LogP contribution in [0.15, 0.2) is 6.07 Å². The first kappa shape index (κ1) is 12.7. The van der Waals surface area contributed by atoms with Gasteiger partial charge in [0.05, 0.1) is 5.69 Å². The molecule has 1 N–H and O–H groups in total. The van der Waals surface area contributed by atoms with E-state index < -0.39 is 0 Å². The molecule has 1 aromatic heterocycles. The fourth-order valence-electron chi connectivity index (χ4n) is 1.80. The van der Waals surface area contributed by atoms with Gasteiger partial charge in [0.1, 0.15) is 6.54 Å². The maximum atomic E-state index is 11.7. The number of amides is 1. The lowest BCUT2D eigenvalue weighted by Gasteiger charge is -2.13. The van der Waals surface area contributed by atoms with Crippen LogP contribution in [0.2, 0.25) is 0 Å². The van der Waals surface area contributed by atoms with Gasteiger partial charge in [-0.25, -0.2) is 0 Å². The molecule has 0 saturated heterocycles. The molecule has 90 valence electrons. The molecule has 16 heavy (non-hydrogen) atoms. The molecule has 0 aliphatic heterocycles. The third-order valence-electron chi connectivity index (χ3n) is 2.53. The molecular formula is C12H21N3O. The first-order chi connectivity index (χ1) is 7.52. The maximum absolute atomic E-state index is 11.7. The van der Waals surface area contributed by atoms with Crippen LogP contribution in [0.5, 0.6) is 0 Å². The summed E-state index contributed by atoms with van der Waals surface area (Å²) in [5.41, 5.74) is 1.97. The highest BCUT2D eigenvalue weighted by Gasteiger charge is 2.09. The second-order valence-electron chi connectivity index (χ2n) is 4.34. The van der Waals surface area contributed by atoms with Gasteiger partial charge in [-0.05, 0) is 33.3 Å². The number of aromatic nitrogens is 2. The van der Waals surface area contributed by atoms with E-state index in [-0.39, 0.29) is 11.9 Å². The number of carbonyl (C=O) groups excluding carboxylic acids is 1. The minimum atomic E-state index is 0.0344. The quantitative estimate of drug-likeness (QED) is 0.827. The van der Waals surface area contributed by atoms with Crippen molar-refractivity contribution in [2.24, 2.45) is 0 Å². The minimum Gasteiger partial charge on any atom is -0.352 e. The number of hydrogen-bond donors (Lipinski definition) is 1. The number of nitrogens with one attached hydrogen (secondary N) is 1. The lowest BCUT2D eigenvalue weighted by atomic mass is 10.2. The molecule has 4 nitrogen and oxygen atoms in total. The van der Waals surface area contributed by atoms with Gasteiger partial charge in [0.2, 0.25) is 5.91 Å². The zero-order chi connectivity index (χ0) is 12.1. The van der Waals surface area contributed by atoms with E-state index in [0.717, 1.165) is 24.2 Å². The Morgan fingerprint density at radius 2 is 2.25 bits per heavy atom. The second kappa shape index (κ2) is 5.68. The number of nitrogens with zero attached hydrogens (tertiary/aromatic N) is 2. The molecular weight excluding hydrogens is 202 g/mol. The molecule has 1 rings (SSSR count). The highest BCUT2D eigenvalue weighted by molar-refractivity contribution is 5.75. The van der Waals surface area contributed by atoms with Crippen molar-refractivity contribution < 1.29 is 4.79 Å². The Bertz CT molecular complexity index is 357. The summed E-state index contributed by atoms with van der Waals surface area (Å²) in [6, 6.07) is 2.22. The van der Waals surface area contributed by atoms with E-state index in [1.54, 1.807) is 4.68 Å². The molecule has 0 aliphatic rings. The first-order valence-electron chi connectivity index (χ1n) is 5.83. The number of aryl methyl sites for hydroxylation is 2. The summed E-state index contributed by atoms with van der Waals surface area (Å²) >= 11 is 0. The molecule has 0 fully saturated rings. The van der Waals surface area contributed by atoms with Crippen LogP contribution < -0.4 is 5.32 Å². The van der Waals surface area contributed by atoms with Crippen molar-refractivity contribution in [1.82, 2.24) is 15.1 Å². The van der Waals surface area contributed by atoms with Crippen LogP contribution in [0, 0.1) is 13.8 Å². The Hall–Kier alpha value is -1.32. The van der Waals surface area contributed by atoms with Crippen molar-refractivity contribution in [3.8, 4) is 0 Å². The molecule has 1 aromatic rings. The molecule has 4 heteroatoms. The van der Waals surface area contributed by atoms with Crippen LogP contribution in [-0.2, 0) is 11.3 Å². The largest absolute Gasteiger partial charge is 0.352 e. The summed E-state index contributed by atoms with van der Waals surface area (Å²) in [5, 5.41) is 7.23. The number of hydrogen-bond acceptors (Lipinski definition) is 2. The summed E-state index contributed by atoms with van der Waals surface area (Å²) < 4.78 is 1.74. The molecule has 1 atom stereocenters. The SMILES string of the molecule is CCCC(C)NC(=O)Cn1nc(C)cc1C. The standard InChI is InChI=1S/C12H21N3O/c1-5-6-9(2)13-12(16)8-15-11(4)7-10(3)14-15/h7,9H,5-6,8H2,1-4H3,(H,13,16). The van der Waals surface area contributed by atoms with E-state index in [1.165, 1.54) is 0 Å². The van der Waals surface area contributed by atoms with Gasteiger partial charge in [-0.15, -0.1) is 0 Å². The zero-order valence-corrected chi connectivity index (χ0v) is 10.6. The monoisotopic (exact) mass is 223 g/mol. The lowest BCUT2D eigenvalue weighted by Crippen LogP contribution is -2.35. The zero-order valence-electron chi connectivity index (χ0n) is 10.6. The van der Waals surface area contributed by atoms with Crippen LogP contribution in [0.1, 0.15) is 38.1 Å². The Morgan fingerprint density at radius 3 is 2.75 bits per heavy atom. The summed E-state index contributed by atoms with van der Waals surface area (Å²) in [7, 11) is 0. The van der Waals surface area contributed by atoms with Crippen LogP contribution >= 0.6 is 0 Å². The summed E-state index contributed by atoms with van der Waals surface area (Å²) in [5.74, 6) is 0.0344. The van der Waals surface area contributed by atoms with Gasteiger partial charge < -0.3 is 5.32 Å². The molecule has 0 radical (unpaired) electrons. The van der Waals surface area contributed by atoms with Crippen LogP contribution in [-0.4, -0.2) is 21.7 Å². The van der Waals surface area contributed by atoms with E-state index >= 15 is 0 Å². The topological polar surface area (TPSA) is 46.9 Å². The van der Waals surface area contributed by atoms with Crippen molar-refractivity contribution in [3.05, 3.63) is 17.5 Å². The molecule has 0 aliphatic carbocycles. The average molecular weight is 223 g/mol. The fourth-order valence-corrected chi connectivity index (χ4v) is 1.80. The molecule has 0 aromatic carbocycles. The Kier molecular flexibility index (Phi) is 4.52. The predicted octanol–water partition coefficient (Wildman–Crippen LogP) is 1.80. The van der Waals surface area contributed by atoms with E-state index in [2.05, 4.69) is 17.3 Å². The fraction of sp³-hybridized carbons (Fsp3) is 0.667. The third kappa shape index (κ3) is 3.68.